The van der Waals surface area contributed by atoms with Crippen LogP contribution in [0, 0.1) is 0 Å². The zero-order chi connectivity index (χ0) is 15.2. The Morgan fingerprint density at radius 3 is 2.90 bits per heavy atom. The molecule has 2 heterocycles. The van der Waals surface area contributed by atoms with Gasteiger partial charge in [-0.05, 0) is 55.6 Å². The second-order valence-electron chi connectivity index (χ2n) is 5.36. The van der Waals surface area contributed by atoms with Crippen molar-refractivity contribution in [3.05, 3.63) is 40.5 Å². The number of aryl methyl sites for hydroxylation is 1. The Bertz CT molecular complexity index is 536. The third kappa shape index (κ3) is 4.43. The molecular formula is C15H23BrN4O. The predicted molar refractivity (Wildman–Crippen MR) is 87.3 cm³/mol. The van der Waals surface area contributed by atoms with Crippen LogP contribution < -0.4 is 5.32 Å². The molecule has 0 aliphatic carbocycles. The van der Waals surface area contributed by atoms with Crippen LogP contribution >= 0.6 is 15.9 Å². The molecule has 2 aromatic rings. The maximum atomic E-state index is 5.42. The minimum absolute atomic E-state index is 0.245. The number of hydrogen-bond acceptors (Lipinski definition) is 4. The van der Waals surface area contributed by atoms with Gasteiger partial charge >= 0.3 is 0 Å². The van der Waals surface area contributed by atoms with Crippen molar-refractivity contribution in [3.63, 3.8) is 0 Å². The van der Waals surface area contributed by atoms with Crippen LogP contribution in [-0.2, 0) is 13.0 Å². The average Bonchev–Trinajstić information content (AvgIpc) is 3.08. The number of nitrogens with zero attached hydrogens (tertiary/aromatic N) is 3. The molecule has 0 bridgehead atoms. The van der Waals surface area contributed by atoms with Crippen molar-refractivity contribution in [1.82, 2.24) is 20.0 Å². The van der Waals surface area contributed by atoms with E-state index in [9.17, 15) is 0 Å². The predicted octanol–water partition coefficient (Wildman–Crippen LogP) is 2.69. The van der Waals surface area contributed by atoms with Gasteiger partial charge in [-0.25, -0.2) is 0 Å². The van der Waals surface area contributed by atoms with E-state index in [1.165, 1.54) is 5.69 Å². The summed E-state index contributed by atoms with van der Waals surface area (Å²) < 4.78 is 8.55. The monoisotopic (exact) mass is 354 g/mol. The fraction of sp³-hybridized carbons (Fsp3) is 0.533. The van der Waals surface area contributed by atoms with Gasteiger partial charge in [0, 0.05) is 13.0 Å². The van der Waals surface area contributed by atoms with Gasteiger partial charge in [-0.15, -0.1) is 0 Å². The lowest BCUT2D eigenvalue weighted by atomic mass is 10.1. The lowest BCUT2D eigenvalue weighted by Crippen LogP contribution is -2.25. The number of rotatable bonds is 8. The van der Waals surface area contributed by atoms with Crippen LogP contribution in [0.3, 0.4) is 0 Å². The van der Waals surface area contributed by atoms with Crippen molar-refractivity contribution >= 4 is 15.9 Å². The molecule has 116 valence electrons. The fourth-order valence-electron chi connectivity index (χ4n) is 2.35. The molecule has 6 heteroatoms. The number of likely N-dealkylation sites (N-methyl/N-ethyl adjacent to an activating group) is 1. The first-order chi connectivity index (χ1) is 10.1. The molecule has 0 saturated heterocycles. The Morgan fingerprint density at radius 2 is 2.29 bits per heavy atom. The Morgan fingerprint density at radius 1 is 1.48 bits per heavy atom. The highest BCUT2D eigenvalue weighted by molar-refractivity contribution is 9.10. The molecule has 0 aliphatic heterocycles. The zero-order valence-electron chi connectivity index (χ0n) is 12.8. The molecule has 0 aliphatic rings. The minimum atomic E-state index is 0.245. The minimum Gasteiger partial charge on any atom is -0.469 e. The van der Waals surface area contributed by atoms with Gasteiger partial charge in [0.15, 0.2) is 0 Å². The van der Waals surface area contributed by atoms with E-state index in [1.807, 2.05) is 25.4 Å². The van der Waals surface area contributed by atoms with Gasteiger partial charge in [0.2, 0.25) is 0 Å². The van der Waals surface area contributed by atoms with E-state index in [0.717, 1.165) is 36.2 Å². The fourth-order valence-corrected chi connectivity index (χ4v) is 2.92. The van der Waals surface area contributed by atoms with Crippen molar-refractivity contribution in [3.8, 4) is 0 Å². The molecule has 0 spiro atoms. The summed E-state index contributed by atoms with van der Waals surface area (Å²) in [6, 6.07) is 4.20. The molecule has 0 aromatic carbocycles. The van der Waals surface area contributed by atoms with Crippen LogP contribution in [0.1, 0.15) is 23.9 Å². The van der Waals surface area contributed by atoms with Gasteiger partial charge in [0.25, 0.3) is 0 Å². The van der Waals surface area contributed by atoms with Crippen LogP contribution in [0.15, 0.2) is 33.5 Å². The number of halogens is 1. The summed E-state index contributed by atoms with van der Waals surface area (Å²) in [5.41, 5.74) is 1.20. The Hall–Kier alpha value is -1.11. The van der Waals surface area contributed by atoms with Gasteiger partial charge in [-0.3, -0.25) is 4.68 Å². The van der Waals surface area contributed by atoms with Crippen molar-refractivity contribution < 1.29 is 4.42 Å². The van der Waals surface area contributed by atoms with Crippen molar-refractivity contribution in [2.75, 3.05) is 27.7 Å². The van der Waals surface area contributed by atoms with Gasteiger partial charge < -0.3 is 14.6 Å². The second kappa shape index (κ2) is 7.77. The van der Waals surface area contributed by atoms with Gasteiger partial charge in [-0.2, -0.15) is 5.10 Å². The lowest BCUT2D eigenvalue weighted by molar-refractivity contribution is 0.360. The summed E-state index contributed by atoms with van der Waals surface area (Å²) in [5.74, 6) is 1.02. The number of aromatic nitrogens is 2. The molecule has 1 atom stereocenters. The molecule has 0 radical (unpaired) electrons. The van der Waals surface area contributed by atoms with E-state index >= 15 is 0 Å². The summed E-state index contributed by atoms with van der Waals surface area (Å²) in [6.45, 7) is 1.85. The first kappa shape index (κ1) is 16.3. The van der Waals surface area contributed by atoms with E-state index in [-0.39, 0.29) is 6.04 Å². The lowest BCUT2D eigenvalue weighted by Gasteiger charge is -2.19. The van der Waals surface area contributed by atoms with Crippen LogP contribution in [-0.4, -0.2) is 42.4 Å². The van der Waals surface area contributed by atoms with Gasteiger partial charge in [0.05, 0.1) is 35.2 Å². The number of furan rings is 1. The van der Waals surface area contributed by atoms with Crippen molar-refractivity contribution in [2.24, 2.45) is 0 Å². The zero-order valence-corrected chi connectivity index (χ0v) is 14.4. The maximum absolute atomic E-state index is 5.42. The number of nitrogens with one attached hydrogen (secondary N) is 1. The van der Waals surface area contributed by atoms with Crippen LogP contribution in [0.5, 0.6) is 0 Å². The Labute approximate surface area is 134 Å². The molecule has 1 unspecified atom stereocenters. The SMILES string of the molecule is CNC(CCc1ccco1)c1c(Br)cnn1CCN(C)C. The van der Waals surface area contributed by atoms with Crippen LogP contribution in [0.4, 0.5) is 0 Å². The van der Waals surface area contributed by atoms with E-state index in [0.29, 0.717) is 0 Å². The summed E-state index contributed by atoms with van der Waals surface area (Å²) in [7, 11) is 6.14. The summed E-state index contributed by atoms with van der Waals surface area (Å²) in [4.78, 5) is 2.16. The van der Waals surface area contributed by atoms with Crippen molar-refractivity contribution in [1.29, 1.82) is 0 Å². The summed E-state index contributed by atoms with van der Waals surface area (Å²) in [6.07, 6.45) is 5.48. The third-order valence-corrected chi connectivity index (χ3v) is 4.14. The first-order valence-corrected chi connectivity index (χ1v) is 7.96. The standard InChI is InChI=1S/C15H23BrN4O/c1-17-14(7-6-12-5-4-10-21-12)15-13(16)11-18-20(15)9-8-19(2)3/h4-5,10-11,14,17H,6-9H2,1-3H3. The van der Waals surface area contributed by atoms with E-state index < -0.39 is 0 Å². The number of hydrogen-bond donors (Lipinski definition) is 1. The van der Waals surface area contributed by atoms with Gasteiger partial charge in [0.1, 0.15) is 5.76 Å². The summed E-state index contributed by atoms with van der Waals surface area (Å²) in [5, 5.41) is 7.87. The molecular weight excluding hydrogens is 332 g/mol. The van der Waals surface area contributed by atoms with Gasteiger partial charge in [-0.1, -0.05) is 0 Å². The van der Waals surface area contributed by atoms with E-state index in [1.54, 1.807) is 6.26 Å². The highest BCUT2D eigenvalue weighted by Gasteiger charge is 2.19. The smallest absolute Gasteiger partial charge is 0.103 e. The Balaban J connectivity index is 2.07. The largest absolute Gasteiger partial charge is 0.469 e. The second-order valence-corrected chi connectivity index (χ2v) is 6.22. The molecule has 21 heavy (non-hydrogen) atoms. The normalized spacial score (nSPS) is 13.0. The topological polar surface area (TPSA) is 46.2 Å². The average molecular weight is 355 g/mol. The molecule has 2 aromatic heterocycles. The van der Waals surface area contributed by atoms with E-state index in [2.05, 4.69) is 50.0 Å². The van der Waals surface area contributed by atoms with Crippen LogP contribution in [0.2, 0.25) is 0 Å². The van der Waals surface area contributed by atoms with Crippen molar-refractivity contribution in [2.45, 2.75) is 25.4 Å². The van der Waals surface area contributed by atoms with Crippen LogP contribution in [0.25, 0.3) is 0 Å². The summed E-state index contributed by atoms with van der Waals surface area (Å²) >= 11 is 3.62. The molecule has 0 fully saturated rings. The highest BCUT2D eigenvalue weighted by Crippen LogP contribution is 2.26. The quantitative estimate of drug-likeness (QED) is 0.791. The highest BCUT2D eigenvalue weighted by atomic mass is 79.9. The molecule has 2 rings (SSSR count). The Kier molecular flexibility index (Phi) is 6.02. The first-order valence-electron chi connectivity index (χ1n) is 7.17. The maximum Gasteiger partial charge on any atom is 0.103 e. The third-order valence-electron chi connectivity index (χ3n) is 3.53. The molecule has 5 nitrogen and oxygen atoms in total. The molecule has 0 amide bonds. The van der Waals surface area contributed by atoms with E-state index in [4.69, 9.17) is 4.42 Å². The molecule has 0 saturated carbocycles. The molecule has 1 N–H and O–H groups in total.